The first kappa shape index (κ1) is 16.8. The molecule has 0 aromatic carbocycles. The van der Waals surface area contributed by atoms with E-state index in [1.807, 2.05) is 35.8 Å². The molecule has 0 radical (unpaired) electrons. The summed E-state index contributed by atoms with van der Waals surface area (Å²) in [6.07, 6.45) is 1.61. The Morgan fingerprint density at radius 3 is 2.91 bits per heavy atom. The maximum Gasteiger partial charge on any atom is 0.318 e. The monoisotopic (exact) mass is 324 g/mol. The number of likely N-dealkylation sites (N-methyl/N-ethyl adjacent to an activating group) is 1. The zero-order valence-electron chi connectivity index (χ0n) is 13.2. The average Bonchev–Trinajstić information content (AvgIpc) is 2.98. The van der Waals surface area contributed by atoms with E-state index in [4.69, 9.17) is 0 Å². The van der Waals surface area contributed by atoms with Crippen molar-refractivity contribution in [1.82, 2.24) is 20.4 Å². The lowest BCUT2D eigenvalue weighted by molar-refractivity contribution is -0.124. The van der Waals surface area contributed by atoms with Gasteiger partial charge < -0.3 is 20.4 Å². The minimum Gasteiger partial charge on any atom is -0.354 e. The summed E-state index contributed by atoms with van der Waals surface area (Å²) in [7, 11) is 3.96. The molecule has 1 aromatic heterocycles. The third-order valence-corrected chi connectivity index (χ3v) is 4.37. The fourth-order valence-corrected chi connectivity index (χ4v) is 2.99. The number of rotatable bonds is 6. The van der Waals surface area contributed by atoms with Crippen molar-refractivity contribution in [2.75, 3.05) is 33.7 Å². The molecule has 2 heterocycles. The summed E-state index contributed by atoms with van der Waals surface area (Å²) in [4.78, 5) is 28.1. The molecule has 2 N–H and O–H groups in total. The Bertz CT molecular complexity index is 490. The lowest BCUT2D eigenvalue weighted by Crippen LogP contribution is -2.54. The van der Waals surface area contributed by atoms with Gasteiger partial charge in [-0.1, -0.05) is 0 Å². The van der Waals surface area contributed by atoms with Crippen LogP contribution in [0.4, 0.5) is 4.79 Å². The molecule has 0 bridgehead atoms. The van der Waals surface area contributed by atoms with Crippen LogP contribution in [0.2, 0.25) is 0 Å². The van der Waals surface area contributed by atoms with Crippen LogP contribution in [0.5, 0.6) is 0 Å². The third-order valence-electron chi connectivity index (χ3n) is 3.64. The minimum atomic E-state index is -0.411. The van der Waals surface area contributed by atoms with Crippen LogP contribution in [-0.2, 0) is 11.3 Å². The highest BCUT2D eigenvalue weighted by molar-refractivity contribution is 7.07. The zero-order valence-corrected chi connectivity index (χ0v) is 14.0. The Labute approximate surface area is 135 Å². The first-order valence-electron chi connectivity index (χ1n) is 7.55. The van der Waals surface area contributed by atoms with E-state index in [0.717, 1.165) is 18.5 Å². The van der Waals surface area contributed by atoms with E-state index in [-0.39, 0.29) is 11.9 Å². The van der Waals surface area contributed by atoms with Gasteiger partial charge in [0.25, 0.3) is 0 Å². The van der Waals surface area contributed by atoms with E-state index in [2.05, 4.69) is 10.6 Å². The summed E-state index contributed by atoms with van der Waals surface area (Å²) in [6.45, 7) is 2.68. The molecular formula is C15H24N4O2S. The van der Waals surface area contributed by atoms with Gasteiger partial charge in [-0.05, 0) is 49.3 Å². The number of nitrogens with one attached hydrogen (secondary N) is 2. The predicted octanol–water partition coefficient (Wildman–Crippen LogP) is 1.10. The standard InChI is InChI=1S/C15H24N4O2S/c1-18(2)7-8-19(10-12-5-9-22-11-12)15(21)17-13-4-3-6-16-14(13)20/h5,9,11,13H,3-4,6-8,10H2,1-2H3,(H,16,20)(H,17,21)/t13-/m1/s1. The molecule has 0 aliphatic carbocycles. The number of hydrogen-bond donors (Lipinski definition) is 2. The molecule has 22 heavy (non-hydrogen) atoms. The summed E-state index contributed by atoms with van der Waals surface area (Å²) in [6, 6.07) is 1.44. The molecule has 1 aromatic rings. The second-order valence-electron chi connectivity index (χ2n) is 5.79. The second kappa shape index (κ2) is 8.14. The van der Waals surface area contributed by atoms with Gasteiger partial charge in [-0.3, -0.25) is 4.79 Å². The van der Waals surface area contributed by atoms with Gasteiger partial charge in [-0.2, -0.15) is 11.3 Å². The molecular weight excluding hydrogens is 300 g/mol. The van der Waals surface area contributed by atoms with Crippen LogP contribution >= 0.6 is 11.3 Å². The Kier molecular flexibility index (Phi) is 6.21. The van der Waals surface area contributed by atoms with Crippen LogP contribution in [0.25, 0.3) is 0 Å². The average molecular weight is 324 g/mol. The molecule has 0 saturated carbocycles. The van der Waals surface area contributed by atoms with Crippen LogP contribution in [0.3, 0.4) is 0 Å². The molecule has 1 aliphatic heterocycles. The van der Waals surface area contributed by atoms with Crippen molar-refractivity contribution in [2.45, 2.75) is 25.4 Å². The van der Waals surface area contributed by atoms with Gasteiger partial charge in [0.2, 0.25) is 5.91 Å². The molecule has 0 unspecified atom stereocenters. The van der Waals surface area contributed by atoms with Crippen molar-refractivity contribution in [3.05, 3.63) is 22.4 Å². The van der Waals surface area contributed by atoms with E-state index >= 15 is 0 Å². The number of piperidine rings is 1. The van der Waals surface area contributed by atoms with Crippen LogP contribution in [0.15, 0.2) is 16.8 Å². The molecule has 7 heteroatoms. The Morgan fingerprint density at radius 1 is 1.45 bits per heavy atom. The van der Waals surface area contributed by atoms with E-state index < -0.39 is 6.04 Å². The number of amides is 3. The van der Waals surface area contributed by atoms with Gasteiger partial charge in [-0.25, -0.2) is 4.79 Å². The maximum absolute atomic E-state index is 12.5. The molecule has 3 amide bonds. The van der Waals surface area contributed by atoms with Crippen LogP contribution in [0, 0.1) is 0 Å². The zero-order chi connectivity index (χ0) is 15.9. The van der Waals surface area contributed by atoms with Gasteiger partial charge >= 0.3 is 6.03 Å². The van der Waals surface area contributed by atoms with Gasteiger partial charge in [0.15, 0.2) is 0 Å². The summed E-state index contributed by atoms with van der Waals surface area (Å²) in [5.74, 6) is -0.0808. The normalized spacial score (nSPS) is 18.1. The van der Waals surface area contributed by atoms with Crippen LogP contribution in [-0.4, -0.2) is 61.5 Å². The fraction of sp³-hybridized carbons (Fsp3) is 0.600. The van der Waals surface area contributed by atoms with E-state index in [1.54, 1.807) is 16.2 Å². The lowest BCUT2D eigenvalue weighted by Gasteiger charge is -2.28. The SMILES string of the molecule is CN(C)CCN(Cc1ccsc1)C(=O)N[C@@H]1CCCNC1=O. The van der Waals surface area contributed by atoms with Gasteiger partial charge in [0.1, 0.15) is 6.04 Å². The van der Waals surface area contributed by atoms with Crippen molar-refractivity contribution in [2.24, 2.45) is 0 Å². The van der Waals surface area contributed by atoms with Crippen molar-refractivity contribution >= 4 is 23.3 Å². The molecule has 6 nitrogen and oxygen atoms in total. The van der Waals surface area contributed by atoms with Gasteiger partial charge in [0, 0.05) is 26.2 Å². The van der Waals surface area contributed by atoms with Crippen molar-refractivity contribution in [1.29, 1.82) is 0 Å². The van der Waals surface area contributed by atoms with Gasteiger partial charge in [0.05, 0.1) is 0 Å². The summed E-state index contributed by atoms with van der Waals surface area (Å²) in [5.41, 5.74) is 1.12. The number of carbonyl (C=O) groups is 2. The number of urea groups is 1. The van der Waals surface area contributed by atoms with Crippen LogP contribution in [0.1, 0.15) is 18.4 Å². The third kappa shape index (κ3) is 4.99. The smallest absolute Gasteiger partial charge is 0.318 e. The summed E-state index contributed by atoms with van der Waals surface area (Å²) >= 11 is 1.62. The van der Waals surface area contributed by atoms with E-state index in [0.29, 0.717) is 26.1 Å². The second-order valence-corrected chi connectivity index (χ2v) is 6.57. The molecule has 1 fully saturated rings. The number of nitrogens with zero attached hydrogens (tertiary/aromatic N) is 2. The highest BCUT2D eigenvalue weighted by Gasteiger charge is 2.25. The Hall–Kier alpha value is -1.60. The molecule has 2 rings (SSSR count). The molecule has 1 saturated heterocycles. The maximum atomic E-state index is 12.5. The largest absolute Gasteiger partial charge is 0.354 e. The minimum absolute atomic E-state index is 0.0808. The number of hydrogen-bond acceptors (Lipinski definition) is 4. The van der Waals surface area contributed by atoms with E-state index in [9.17, 15) is 9.59 Å². The predicted molar refractivity (Wildman–Crippen MR) is 87.8 cm³/mol. The number of carbonyl (C=O) groups excluding carboxylic acids is 2. The van der Waals surface area contributed by atoms with Crippen molar-refractivity contribution < 1.29 is 9.59 Å². The molecule has 1 atom stereocenters. The topological polar surface area (TPSA) is 64.7 Å². The van der Waals surface area contributed by atoms with Crippen LogP contribution < -0.4 is 10.6 Å². The summed E-state index contributed by atoms with van der Waals surface area (Å²) in [5, 5.41) is 9.71. The quantitative estimate of drug-likeness (QED) is 0.823. The molecule has 1 aliphatic rings. The highest BCUT2D eigenvalue weighted by atomic mass is 32.1. The Morgan fingerprint density at radius 2 is 2.27 bits per heavy atom. The van der Waals surface area contributed by atoms with Crippen molar-refractivity contribution in [3.63, 3.8) is 0 Å². The highest BCUT2D eigenvalue weighted by Crippen LogP contribution is 2.11. The number of thiophene rings is 1. The Balaban J connectivity index is 1.96. The van der Waals surface area contributed by atoms with E-state index in [1.165, 1.54) is 0 Å². The fourth-order valence-electron chi connectivity index (χ4n) is 2.33. The first-order valence-corrected chi connectivity index (χ1v) is 8.49. The molecule has 0 spiro atoms. The van der Waals surface area contributed by atoms with Crippen molar-refractivity contribution in [3.8, 4) is 0 Å². The lowest BCUT2D eigenvalue weighted by atomic mass is 10.1. The van der Waals surface area contributed by atoms with Gasteiger partial charge in [-0.15, -0.1) is 0 Å². The summed E-state index contributed by atoms with van der Waals surface area (Å²) < 4.78 is 0. The first-order chi connectivity index (χ1) is 10.6. The molecule has 122 valence electrons.